The Balaban J connectivity index is 2.24. The van der Waals surface area contributed by atoms with Crippen molar-refractivity contribution in [3.8, 4) is 0 Å². The monoisotopic (exact) mass is 206 g/mol. The third-order valence-corrected chi connectivity index (χ3v) is 2.92. The lowest BCUT2D eigenvalue weighted by atomic mass is 10.0. The van der Waals surface area contributed by atoms with Gasteiger partial charge in [-0.3, -0.25) is 4.99 Å². The third-order valence-electron chi connectivity index (χ3n) is 2.92. The lowest BCUT2D eigenvalue weighted by molar-refractivity contribution is 0.126. The van der Waals surface area contributed by atoms with Crippen molar-refractivity contribution < 1.29 is 4.84 Å². The molecule has 0 radical (unpaired) electrons. The maximum absolute atomic E-state index is 5.54. The molecule has 82 valence electrons. The molecule has 2 aliphatic rings. The molecule has 1 saturated carbocycles. The maximum Gasteiger partial charge on any atom is 0.151 e. The fourth-order valence-electron chi connectivity index (χ4n) is 1.97. The van der Waals surface area contributed by atoms with E-state index in [4.69, 9.17) is 4.84 Å². The molecular formula is C12H18N2O. The molecule has 1 aliphatic carbocycles. The van der Waals surface area contributed by atoms with Gasteiger partial charge in [0.15, 0.2) is 5.76 Å². The van der Waals surface area contributed by atoms with Crippen molar-refractivity contribution in [1.82, 2.24) is 5.48 Å². The van der Waals surface area contributed by atoms with Crippen LogP contribution in [0.5, 0.6) is 0 Å². The summed E-state index contributed by atoms with van der Waals surface area (Å²) in [7, 11) is 1.77. The molecule has 1 heterocycles. The summed E-state index contributed by atoms with van der Waals surface area (Å²) in [5, 5.41) is 0. The molecule has 1 fully saturated rings. The van der Waals surface area contributed by atoms with Crippen molar-refractivity contribution in [3.63, 3.8) is 0 Å². The second-order valence-electron chi connectivity index (χ2n) is 4.26. The van der Waals surface area contributed by atoms with Gasteiger partial charge < -0.3 is 4.84 Å². The summed E-state index contributed by atoms with van der Waals surface area (Å²) in [6.07, 6.45) is 6.42. The van der Waals surface area contributed by atoms with Gasteiger partial charge in [0, 0.05) is 13.3 Å². The Morgan fingerprint density at radius 1 is 1.53 bits per heavy atom. The Kier molecular flexibility index (Phi) is 2.91. The summed E-state index contributed by atoms with van der Waals surface area (Å²) >= 11 is 0. The number of hydrogen-bond donors (Lipinski definition) is 1. The Bertz CT molecular complexity index is 338. The maximum atomic E-state index is 5.54. The zero-order chi connectivity index (χ0) is 10.8. The standard InChI is InChI=1S/C12H18N2O/c1-8(6-7-13-3)12-11(10-4-5-10)9(2)14-15-12/h6-7,9-10,14H,4-5H2,1-3H3. The first-order chi connectivity index (χ1) is 7.24. The predicted octanol–water partition coefficient (Wildman–Crippen LogP) is 2.22. The number of hydrogen-bond acceptors (Lipinski definition) is 3. The first kappa shape index (κ1) is 10.4. The van der Waals surface area contributed by atoms with Gasteiger partial charge in [-0.2, -0.15) is 0 Å². The molecule has 0 aromatic rings. The number of nitrogens with one attached hydrogen (secondary N) is 1. The molecule has 0 saturated heterocycles. The fraction of sp³-hybridized carbons (Fsp3) is 0.583. The molecule has 1 N–H and O–H groups in total. The molecule has 15 heavy (non-hydrogen) atoms. The van der Waals surface area contributed by atoms with Crippen LogP contribution in [-0.4, -0.2) is 19.3 Å². The molecule has 0 bridgehead atoms. The van der Waals surface area contributed by atoms with Crippen molar-refractivity contribution in [1.29, 1.82) is 0 Å². The van der Waals surface area contributed by atoms with Crippen molar-refractivity contribution in [2.45, 2.75) is 32.7 Å². The van der Waals surface area contributed by atoms with Crippen LogP contribution in [0.2, 0.25) is 0 Å². The molecule has 2 rings (SSSR count). The minimum absolute atomic E-state index is 0.356. The molecule has 0 spiro atoms. The zero-order valence-corrected chi connectivity index (χ0v) is 9.58. The molecule has 0 aromatic heterocycles. The molecule has 3 heteroatoms. The SMILES string of the molecule is CN=CC=C(C)C1=C(C2CC2)C(C)NO1. The van der Waals surface area contributed by atoms with E-state index in [9.17, 15) is 0 Å². The Hall–Kier alpha value is -1.09. The Morgan fingerprint density at radius 3 is 2.87 bits per heavy atom. The average molecular weight is 206 g/mol. The van der Waals surface area contributed by atoms with Crippen molar-refractivity contribution in [2.24, 2.45) is 10.9 Å². The van der Waals surface area contributed by atoms with Crippen LogP contribution in [0.15, 0.2) is 28.0 Å². The van der Waals surface area contributed by atoms with E-state index in [0.29, 0.717) is 6.04 Å². The van der Waals surface area contributed by atoms with Gasteiger partial charge in [-0.05, 0) is 49.8 Å². The molecule has 0 amide bonds. The second kappa shape index (κ2) is 4.19. The van der Waals surface area contributed by atoms with Crippen LogP contribution < -0.4 is 5.48 Å². The second-order valence-corrected chi connectivity index (χ2v) is 4.26. The summed E-state index contributed by atoms with van der Waals surface area (Å²) in [5.74, 6) is 1.77. The summed E-state index contributed by atoms with van der Waals surface area (Å²) in [6, 6.07) is 0.356. The van der Waals surface area contributed by atoms with Crippen LogP contribution in [0, 0.1) is 5.92 Å². The lowest BCUT2D eigenvalue weighted by Gasteiger charge is -2.04. The minimum atomic E-state index is 0.356. The van der Waals surface area contributed by atoms with E-state index >= 15 is 0 Å². The zero-order valence-electron chi connectivity index (χ0n) is 9.58. The highest BCUT2D eigenvalue weighted by atomic mass is 16.7. The molecule has 0 aromatic carbocycles. The van der Waals surface area contributed by atoms with Crippen molar-refractivity contribution in [2.75, 3.05) is 7.05 Å². The average Bonchev–Trinajstić information content (AvgIpc) is 2.99. The van der Waals surface area contributed by atoms with Gasteiger partial charge in [0.25, 0.3) is 0 Å². The first-order valence-electron chi connectivity index (χ1n) is 5.50. The van der Waals surface area contributed by atoms with Gasteiger partial charge >= 0.3 is 0 Å². The van der Waals surface area contributed by atoms with Crippen LogP contribution in [0.25, 0.3) is 0 Å². The van der Waals surface area contributed by atoms with Crippen LogP contribution in [0.4, 0.5) is 0 Å². The molecule has 1 aliphatic heterocycles. The van der Waals surface area contributed by atoms with Gasteiger partial charge in [-0.25, -0.2) is 0 Å². The summed E-state index contributed by atoms with van der Waals surface area (Å²) in [6.45, 7) is 4.22. The van der Waals surface area contributed by atoms with Crippen LogP contribution in [-0.2, 0) is 4.84 Å². The highest BCUT2D eigenvalue weighted by Gasteiger charge is 2.36. The van der Waals surface area contributed by atoms with E-state index < -0.39 is 0 Å². The number of hydroxylamine groups is 1. The largest absolute Gasteiger partial charge is 0.408 e. The number of nitrogens with zero attached hydrogens (tertiary/aromatic N) is 1. The molecular weight excluding hydrogens is 188 g/mol. The Morgan fingerprint density at radius 2 is 2.27 bits per heavy atom. The van der Waals surface area contributed by atoms with Crippen LogP contribution in [0.3, 0.4) is 0 Å². The smallest absolute Gasteiger partial charge is 0.151 e. The fourth-order valence-corrected chi connectivity index (χ4v) is 1.97. The Labute approximate surface area is 90.9 Å². The van der Waals surface area contributed by atoms with E-state index in [1.54, 1.807) is 13.3 Å². The number of rotatable bonds is 3. The van der Waals surface area contributed by atoms with E-state index in [-0.39, 0.29) is 0 Å². The van der Waals surface area contributed by atoms with Crippen molar-refractivity contribution >= 4 is 6.21 Å². The van der Waals surface area contributed by atoms with Gasteiger partial charge in [0.1, 0.15) is 0 Å². The predicted molar refractivity (Wildman–Crippen MR) is 61.6 cm³/mol. The van der Waals surface area contributed by atoms with E-state index in [1.807, 2.05) is 6.08 Å². The van der Waals surface area contributed by atoms with Gasteiger partial charge in [0.2, 0.25) is 0 Å². The summed E-state index contributed by atoms with van der Waals surface area (Å²) in [5.41, 5.74) is 5.63. The first-order valence-corrected chi connectivity index (χ1v) is 5.50. The van der Waals surface area contributed by atoms with Gasteiger partial charge in [0.05, 0.1) is 6.04 Å². The highest BCUT2D eigenvalue weighted by Crippen LogP contribution is 2.43. The van der Waals surface area contributed by atoms with E-state index in [0.717, 1.165) is 17.3 Å². The third kappa shape index (κ3) is 2.12. The minimum Gasteiger partial charge on any atom is -0.408 e. The van der Waals surface area contributed by atoms with Crippen LogP contribution >= 0.6 is 0 Å². The molecule has 1 atom stereocenters. The molecule has 1 unspecified atom stereocenters. The molecule has 3 nitrogen and oxygen atoms in total. The van der Waals surface area contributed by atoms with E-state index in [1.165, 1.54) is 18.4 Å². The summed E-state index contributed by atoms with van der Waals surface area (Å²) < 4.78 is 0. The van der Waals surface area contributed by atoms with Crippen molar-refractivity contribution in [3.05, 3.63) is 23.0 Å². The normalized spacial score (nSPS) is 27.7. The van der Waals surface area contributed by atoms with Gasteiger partial charge in [-0.15, -0.1) is 5.48 Å². The summed E-state index contributed by atoms with van der Waals surface area (Å²) in [4.78, 5) is 9.49. The lowest BCUT2D eigenvalue weighted by Crippen LogP contribution is -2.20. The topological polar surface area (TPSA) is 33.6 Å². The highest BCUT2D eigenvalue weighted by molar-refractivity contribution is 5.73. The van der Waals surface area contributed by atoms with Gasteiger partial charge in [-0.1, -0.05) is 0 Å². The number of aliphatic imine (C=N–C) groups is 1. The quantitative estimate of drug-likeness (QED) is 0.718. The number of allylic oxidation sites excluding steroid dienone is 2. The van der Waals surface area contributed by atoms with E-state index in [2.05, 4.69) is 24.3 Å². The van der Waals surface area contributed by atoms with Crippen LogP contribution in [0.1, 0.15) is 26.7 Å².